The number of halogens is 1. The fraction of sp³-hybridized carbons (Fsp3) is 0.400. The largest absolute Gasteiger partial charge is 0.476 e. The molecule has 3 N–H and O–H groups in total. The van der Waals surface area contributed by atoms with E-state index in [9.17, 15) is 4.79 Å². The molecule has 1 aliphatic heterocycles. The number of nitrogens with one attached hydrogen (secondary N) is 2. The standard InChI is InChI=1S/C10H12ClN3O2/c11-8-6(7-5-12-3-4-13-7)1-2-14-9(8)10(15)16/h1-2,7,12-13H,3-5H2,(H,15,16). The van der Waals surface area contributed by atoms with Gasteiger partial charge in [0.2, 0.25) is 0 Å². The van der Waals surface area contributed by atoms with Crippen molar-refractivity contribution in [1.29, 1.82) is 0 Å². The molecule has 1 fully saturated rings. The Kier molecular flexibility index (Phi) is 3.38. The summed E-state index contributed by atoms with van der Waals surface area (Å²) in [4.78, 5) is 14.6. The van der Waals surface area contributed by atoms with Gasteiger partial charge in [0.25, 0.3) is 0 Å². The van der Waals surface area contributed by atoms with Gasteiger partial charge in [0.1, 0.15) is 0 Å². The minimum atomic E-state index is -1.10. The zero-order valence-corrected chi connectivity index (χ0v) is 9.29. The Balaban J connectivity index is 2.33. The molecule has 6 heteroatoms. The van der Waals surface area contributed by atoms with Gasteiger partial charge < -0.3 is 15.7 Å². The number of rotatable bonds is 2. The first-order valence-electron chi connectivity index (χ1n) is 5.02. The van der Waals surface area contributed by atoms with Gasteiger partial charge in [-0.15, -0.1) is 0 Å². The Hall–Kier alpha value is -1.17. The van der Waals surface area contributed by atoms with E-state index >= 15 is 0 Å². The molecule has 1 aromatic rings. The second-order valence-corrected chi connectivity index (χ2v) is 3.96. The van der Waals surface area contributed by atoms with Crippen molar-refractivity contribution in [2.75, 3.05) is 19.6 Å². The molecule has 0 spiro atoms. The summed E-state index contributed by atoms with van der Waals surface area (Å²) in [6.45, 7) is 2.49. The van der Waals surface area contributed by atoms with Gasteiger partial charge in [-0.3, -0.25) is 0 Å². The number of aromatic carboxylic acids is 1. The average Bonchev–Trinajstić information content (AvgIpc) is 2.30. The number of aromatic nitrogens is 1. The highest BCUT2D eigenvalue weighted by atomic mass is 35.5. The monoisotopic (exact) mass is 241 g/mol. The van der Waals surface area contributed by atoms with Gasteiger partial charge >= 0.3 is 5.97 Å². The van der Waals surface area contributed by atoms with Crippen molar-refractivity contribution < 1.29 is 9.90 Å². The van der Waals surface area contributed by atoms with Crippen LogP contribution in [0.25, 0.3) is 0 Å². The zero-order chi connectivity index (χ0) is 11.5. The minimum Gasteiger partial charge on any atom is -0.476 e. The number of carbonyl (C=O) groups is 1. The van der Waals surface area contributed by atoms with E-state index in [4.69, 9.17) is 16.7 Å². The number of carboxylic acid groups (broad SMARTS) is 1. The van der Waals surface area contributed by atoms with Crippen LogP contribution in [0.15, 0.2) is 12.3 Å². The van der Waals surface area contributed by atoms with E-state index in [-0.39, 0.29) is 16.8 Å². The predicted octanol–water partition coefficient (Wildman–Crippen LogP) is 0.667. The summed E-state index contributed by atoms with van der Waals surface area (Å²) >= 11 is 6.03. The van der Waals surface area contributed by atoms with Crippen molar-refractivity contribution in [2.45, 2.75) is 6.04 Å². The van der Waals surface area contributed by atoms with Crippen LogP contribution >= 0.6 is 11.6 Å². The first kappa shape index (κ1) is 11.3. The Bertz CT molecular complexity index is 405. The van der Waals surface area contributed by atoms with E-state index in [1.807, 2.05) is 0 Å². The molecule has 0 aromatic carbocycles. The number of nitrogens with zero attached hydrogens (tertiary/aromatic N) is 1. The smallest absolute Gasteiger partial charge is 0.356 e. The van der Waals surface area contributed by atoms with Crippen LogP contribution in [0.5, 0.6) is 0 Å². The number of hydrogen-bond donors (Lipinski definition) is 3. The molecule has 0 aliphatic carbocycles. The van der Waals surface area contributed by atoms with Crippen LogP contribution in [0.3, 0.4) is 0 Å². The van der Waals surface area contributed by atoms with Crippen LogP contribution in [0.1, 0.15) is 22.1 Å². The van der Waals surface area contributed by atoms with Crippen molar-refractivity contribution in [3.8, 4) is 0 Å². The maximum absolute atomic E-state index is 10.9. The lowest BCUT2D eigenvalue weighted by Crippen LogP contribution is -2.42. The Morgan fingerprint density at radius 2 is 2.38 bits per heavy atom. The van der Waals surface area contributed by atoms with E-state index in [0.29, 0.717) is 0 Å². The van der Waals surface area contributed by atoms with Crippen LogP contribution in [0, 0.1) is 0 Å². The summed E-state index contributed by atoms with van der Waals surface area (Å²) in [7, 11) is 0. The van der Waals surface area contributed by atoms with Gasteiger partial charge in [-0.1, -0.05) is 11.6 Å². The summed E-state index contributed by atoms with van der Waals surface area (Å²) in [6, 6.07) is 1.79. The second kappa shape index (κ2) is 4.78. The van der Waals surface area contributed by atoms with Crippen molar-refractivity contribution in [3.05, 3.63) is 28.5 Å². The number of hydrogen-bond acceptors (Lipinski definition) is 4. The van der Waals surface area contributed by atoms with Crippen molar-refractivity contribution >= 4 is 17.6 Å². The van der Waals surface area contributed by atoms with Crippen LogP contribution in [0.4, 0.5) is 0 Å². The summed E-state index contributed by atoms with van der Waals surface area (Å²) < 4.78 is 0. The number of pyridine rings is 1. The first-order valence-corrected chi connectivity index (χ1v) is 5.39. The van der Waals surface area contributed by atoms with E-state index in [1.54, 1.807) is 6.07 Å². The molecular weight excluding hydrogens is 230 g/mol. The molecule has 16 heavy (non-hydrogen) atoms. The molecule has 1 saturated heterocycles. The van der Waals surface area contributed by atoms with E-state index < -0.39 is 5.97 Å². The van der Waals surface area contributed by atoms with Crippen LogP contribution < -0.4 is 10.6 Å². The summed E-state index contributed by atoms with van der Waals surface area (Å²) in [5.74, 6) is -1.10. The molecule has 1 aromatic heterocycles. The first-order chi connectivity index (χ1) is 7.70. The van der Waals surface area contributed by atoms with E-state index in [0.717, 1.165) is 25.2 Å². The van der Waals surface area contributed by atoms with Gasteiger partial charge in [0.15, 0.2) is 5.69 Å². The third kappa shape index (κ3) is 2.16. The maximum Gasteiger partial charge on any atom is 0.356 e. The molecule has 0 saturated carbocycles. The molecule has 2 rings (SSSR count). The minimum absolute atomic E-state index is 0.0438. The fourth-order valence-electron chi connectivity index (χ4n) is 1.75. The number of piperazine rings is 1. The van der Waals surface area contributed by atoms with Gasteiger partial charge in [-0.25, -0.2) is 9.78 Å². The van der Waals surface area contributed by atoms with Crippen molar-refractivity contribution in [2.24, 2.45) is 0 Å². The third-order valence-electron chi connectivity index (χ3n) is 2.54. The van der Waals surface area contributed by atoms with Crippen molar-refractivity contribution in [3.63, 3.8) is 0 Å². The summed E-state index contributed by atoms with van der Waals surface area (Å²) in [6.07, 6.45) is 1.47. The molecule has 2 heterocycles. The van der Waals surface area contributed by atoms with Gasteiger partial charge in [-0.05, 0) is 11.6 Å². The SMILES string of the molecule is O=C(O)c1nccc(C2CNCCN2)c1Cl. The molecule has 1 unspecified atom stereocenters. The maximum atomic E-state index is 10.9. The summed E-state index contributed by atoms with van der Waals surface area (Å²) in [5.41, 5.74) is 0.688. The highest BCUT2D eigenvalue weighted by molar-refractivity contribution is 6.34. The lowest BCUT2D eigenvalue weighted by atomic mass is 10.1. The third-order valence-corrected chi connectivity index (χ3v) is 2.94. The van der Waals surface area contributed by atoms with E-state index in [1.165, 1.54) is 6.20 Å². The Morgan fingerprint density at radius 1 is 1.56 bits per heavy atom. The Labute approximate surface area is 97.8 Å². The molecule has 1 aliphatic rings. The van der Waals surface area contributed by atoms with Gasteiger partial charge in [-0.2, -0.15) is 0 Å². The molecule has 0 amide bonds. The lowest BCUT2D eigenvalue weighted by molar-refractivity contribution is 0.0690. The highest BCUT2D eigenvalue weighted by Gasteiger charge is 2.21. The fourth-order valence-corrected chi connectivity index (χ4v) is 2.07. The average molecular weight is 242 g/mol. The molecule has 0 radical (unpaired) electrons. The zero-order valence-electron chi connectivity index (χ0n) is 8.53. The second-order valence-electron chi connectivity index (χ2n) is 3.58. The highest BCUT2D eigenvalue weighted by Crippen LogP contribution is 2.25. The molecule has 86 valence electrons. The van der Waals surface area contributed by atoms with Crippen molar-refractivity contribution in [1.82, 2.24) is 15.6 Å². The Morgan fingerprint density at radius 3 is 3.00 bits per heavy atom. The predicted molar refractivity (Wildman–Crippen MR) is 59.8 cm³/mol. The lowest BCUT2D eigenvalue weighted by Gasteiger charge is -2.25. The normalized spacial score (nSPS) is 20.7. The molecule has 0 bridgehead atoms. The van der Waals surface area contributed by atoms with E-state index in [2.05, 4.69) is 15.6 Å². The van der Waals surface area contributed by atoms with Crippen LogP contribution in [-0.4, -0.2) is 35.7 Å². The topological polar surface area (TPSA) is 74.2 Å². The van der Waals surface area contributed by atoms with Crippen LogP contribution in [-0.2, 0) is 0 Å². The quantitative estimate of drug-likeness (QED) is 0.710. The summed E-state index contributed by atoms with van der Waals surface area (Å²) in [5, 5.41) is 15.6. The van der Waals surface area contributed by atoms with Crippen LogP contribution in [0.2, 0.25) is 5.02 Å². The number of carboxylic acids is 1. The van der Waals surface area contributed by atoms with Gasteiger partial charge in [0, 0.05) is 31.9 Å². The molecule has 1 atom stereocenters. The molecular formula is C10H12ClN3O2. The van der Waals surface area contributed by atoms with Gasteiger partial charge in [0.05, 0.1) is 5.02 Å². The molecule has 5 nitrogen and oxygen atoms in total.